The highest BCUT2D eigenvalue weighted by Crippen LogP contribution is 2.32. The molecule has 0 saturated heterocycles. The fourth-order valence-electron chi connectivity index (χ4n) is 2.43. The van der Waals surface area contributed by atoms with E-state index >= 15 is 0 Å². The molecule has 0 unspecified atom stereocenters. The highest BCUT2D eigenvalue weighted by atomic mass is 16.5. The molecule has 3 nitrogen and oxygen atoms in total. The van der Waals surface area contributed by atoms with Gasteiger partial charge >= 0.3 is 0 Å². The van der Waals surface area contributed by atoms with Crippen LogP contribution in [0.5, 0.6) is 11.5 Å². The Kier molecular flexibility index (Phi) is 4.18. The van der Waals surface area contributed by atoms with E-state index in [-0.39, 0.29) is 0 Å². The number of methoxy groups -OCH3 is 2. The largest absolute Gasteiger partial charge is 0.497 e. The Labute approximate surface area is 119 Å². The smallest absolute Gasteiger partial charge is 0.119 e. The van der Waals surface area contributed by atoms with Crippen molar-refractivity contribution in [2.75, 3.05) is 14.2 Å². The van der Waals surface area contributed by atoms with Crippen LogP contribution in [0, 0.1) is 0 Å². The molecule has 1 aromatic heterocycles. The van der Waals surface area contributed by atoms with Crippen LogP contribution in [0.2, 0.25) is 0 Å². The molecule has 2 aromatic carbocycles. The summed E-state index contributed by atoms with van der Waals surface area (Å²) in [5.41, 5.74) is 2.39. The topological polar surface area (TPSA) is 23.4 Å². The molecule has 0 fully saturated rings. The molecule has 20 heavy (non-hydrogen) atoms. The van der Waals surface area contributed by atoms with Crippen molar-refractivity contribution >= 4 is 21.8 Å². The molecule has 0 aliphatic heterocycles. The first-order valence-electron chi connectivity index (χ1n) is 6.85. The minimum Gasteiger partial charge on any atom is -0.497 e. The maximum absolute atomic E-state index is 5.30. The first-order chi connectivity index (χ1) is 9.74. The van der Waals surface area contributed by atoms with Crippen molar-refractivity contribution in [1.82, 2.24) is 4.57 Å². The first kappa shape index (κ1) is 14.3. The molecule has 0 N–H and O–H groups in total. The van der Waals surface area contributed by atoms with Gasteiger partial charge in [-0.25, -0.2) is 0 Å². The minimum atomic E-state index is 0.873. The maximum Gasteiger partial charge on any atom is 0.119 e. The van der Waals surface area contributed by atoms with Gasteiger partial charge in [0.2, 0.25) is 0 Å². The molecule has 1 heterocycles. The van der Waals surface area contributed by atoms with E-state index < -0.39 is 0 Å². The second-order valence-corrected chi connectivity index (χ2v) is 4.33. The van der Waals surface area contributed by atoms with Gasteiger partial charge < -0.3 is 14.0 Å². The molecular formula is C17H21NO2. The predicted octanol–water partition coefficient (Wildman–Crippen LogP) is 4.37. The zero-order valence-corrected chi connectivity index (χ0v) is 12.7. The van der Waals surface area contributed by atoms with Gasteiger partial charge in [0.15, 0.2) is 0 Å². The molecule has 0 spiro atoms. The normalized spacial score (nSPS) is 10.2. The van der Waals surface area contributed by atoms with Crippen LogP contribution in [0.15, 0.2) is 36.4 Å². The molecule has 3 heteroatoms. The van der Waals surface area contributed by atoms with Crippen LogP contribution in [-0.4, -0.2) is 18.8 Å². The van der Waals surface area contributed by atoms with E-state index in [0.717, 1.165) is 11.5 Å². The lowest BCUT2D eigenvalue weighted by atomic mass is 10.1. The Hall–Kier alpha value is -2.16. The van der Waals surface area contributed by atoms with Crippen LogP contribution >= 0.6 is 0 Å². The van der Waals surface area contributed by atoms with Gasteiger partial charge in [-0.2, -0.15) is 0 Å². The molecule has 0 aliphatic carbocycles. The van der Waals surface area contributed by atoms with E-state index in [4.69, 9.17) is 9.47 Å². The van der Waals surface area contributed by atoms with Crippen LogP contribution in [0.1, 0.15) is 13.8 Å². The quantitative estimate of drug-likeness (QED) is 0.690. The van der Waals surface area contributed by atoms with Gasteiger partial charge in [-0.3, -0.25) is 0 Å². The standard InChI is InChI=1S/C15H15NO2.C2H6/c1-16-14-6-4-10(17-2)8-12(14)13-9-11(18-3)5-7-15(13)16;1-2/h4-9H,1-3H3;1-2H3. The van der Waals surface area contributed by atoms with E-state index in [1.807, 2.05) is 26.0 Å². The number of nitrogens with zero attached hydrogens (tertiary/aromatic N) is 1. The SMILES string of the molecule is CC.COc1ccc2c(c1)c1cc(OC)ccc1n2C. The lowest BCUT2D eigenvalue weighted by Crippen LogP contribution is -1.87. The third-order valence-electron chi connectivity index (χ3n) is 3.42. The maximum atomic E-state index is 5.30. The van der Waals surface area contributed by atoms with E-state index in [9.17, 15) is 0 Å². The molecule has 0 amide bonds. The molecule has 3 rings (SSSR count). The Morgan fingerprint density at radius 1 is 0.750 bits per heavy atom. The van der Waals surface area contributed by atoms with Crippen molar-refractivity contribution in [2.24, 2.45) is 7.05 Å². The molecule has 0 atom stereocenters. The highest BCUT2D eigenvalue weighted by molar-refractivity contribution is 6.08. The number of hydrogen-bond donors (Lipinski definition) is 0. The van der Waals surface area contributed by atoms with Crippen LogP contribution < -0.4 is 9.47 Å². The van der Waals surface area contributed by atoms with Crippen molar-refractivity contribution in [3.8, 4) is 11.5 Å². The number of ether oxygens (including phenoxy) is 2. The van der Waals surface area contributed by atoms with Gasteiger partial charge in [0.1, 0.15) is 11.5 Å². The van der Waals surface area contributed by atoms with Gasteiger partial charge in [-0.15, -0.1) is 0 Å². The highest BCUT2D eigenvalue weighted by Gasteiger charge is 2.09. The summed E-state index contributed by atoms with van der Waals surface area (Å²) >= 11 is 0. The molecule has 3 aromatic rings. The van der Waals surface area contributed by atoms with Gasteiger partial charge in [0.05, 0.1) is 14.2 Å². The van der Waals surface area contributed by atoms with Crippen LogP contribution in [-0.2, 0) is 7.05 Å². The van der Waals surface area contributed by atoms with E-state index in [1.54, 1.807) is 14.2 Å². The Bertz CT molecular complexity index is 667. The van der Waals surface area contributed by atoms with Crippen LogP contribution in [0.25, 0.3) is 21.8 Å². The van der Waals surface area contributed by atoms with E-state index in [1.165, 1.54) is 21.8 Å². The van der Waals surface area contributed by atoms with Crippen molar-refractivity contribution in [1.29, 1.82) is 0 Å². The summed E-state index contributed by atoms with van der Waals surface area (Å²) in [6.07, 6.45) is 0. The number of rotatable bonds is 2. The van der Waals surface area contributed by atoms with Crippen LogP contribution in [0.4, 0.5) is 0 Å². The summed E-state index contributed by atoms with van der Waals surface area (Å²) in [4.78, 5) is 0. The van der Waals surface area contributed by atoms with E-state index in [2.05, 4.69) is 35.9 Å². The Morgan fingerprint density at radius 3 is 1.50 bits per heavy atom. The summed E-state index contributed by atoms with van der Waals surface area (Å²) < 4.78 is 12.8. The minimum absolute atomic E-state index is 0.873. The molecule has 0 saturated carbocycles. The monoisotopic (exact) mass is 271 g/mol. The summed E-state index contributed by atoms with van der Waals surface area (Å²) in [5, 5.41) is 2.37. The van der Waals surface area contributed by atoms with E-state index in [0.29, 0.717) is 0 Å². The number of benzene rings is 2. The summed E-state index contributed by atoms with van der Waals surface area (Å²) in [6.45, 7) is 4.00. The second kappa shape index (κ2) is 5.87. The summed E-state index contributed by atoms with van der Waals surface area (Å²) in [7, 11) is 5.45. The fourth-order valence-corrected chi connectivity index (χ4v) is 2.43. The average Bonchev–Trinajstić information content (AvgIpc) is 2.81. The molecule has 106 valence electrons. The lowest BCUT2D eigenvalue weighted by molar-refractivity contribution is 0.415. The zero-order chi connectivity index (χ0) is 14.7. The molecular weight excluding hydrogens is 250 g/mol. The van der Waals surface area contributed by atoms with Crippen molar-refractivity contribution in [3.63, 3.8) is 0 Å². The van der Waals surface area contributed by atoms with Gasteiger partial charge in [0.25, 0.3) is 0 Å². The zero-order valence-electron chi connectivity index (χ0n) is 12.7. The number of aryl methyl sites for hydroxylation is 1. The molecule has 0 aliphatic rings. The summed E-state index contributed by atoms with van der Waals surface area (Å²) in [6, 6.07) is 12.3. The predicted molar refractivity (Wildman–Crippen MR) is 84.9 cm³/mol. The number of hydrogen-bond acceptors (Lipinski definition) is 2. The first-order valence-corrected chi connectivity index (χ1v) is 6.85. The van der Waals surface area contributed by atoms with Gasteiger partial charge in [-0.05, 0) is 36.4 Å². The second-order valence-electron chi connectivity index (χ2n) is 4.33. The van der Waals surface area contributed by atoms with Crippen molar-refractivity contribution < 1.29 is 9.47 Å². The Balaban J connectivity index is 0.000000704. The van der Waals surface area contributed by atoms with Crippen molar-refractivity contribution in [3.05, 3.63) is 36.4 Å². The number of fused-ring (bicyclic) bond motifs is 3. The molecule has 0 radical (unpaired) electrons. The van der Waals surface area contributed by atoms with Gasteiger partial charge in [-0.1, -0.05) is 13.8 Å². The van der Waals surface area contributed by atoms with Crippen molar-refractivity contribution in [2.45, 2.75) is 13.8 Å². The lowest BCUT2D eigenvalue weighted by Gasteiger charge is -2.00. The third kappa shape index (κ3) is 2.20. The average molecular weight is 271 g/mol. The van der Waals surface area contributed by atoms with Crippen LogP contribution in [0.3, 0.4) is 0 Å². The third-order valence-corrected chi connectivity index (χ3v) is 3.42. The summed E-state index contributed by atoms with van der Waals surface area (Å²) in [5.74, 6) is 1.75. The Morgan fingerprint density at radius 2 is 1.15 bits per heavy atom. The molecule has 0 bridgehead atoms. The number of aromatic nitrogens is 1. The van der Waals surface area contributed by atoms with Gasteiger partial charge in [0, 0.05) is 28.9 Å². The fraction of sp³-hybridized carbons (Fsp3) is 0.294.